The van der Waals surface area contributed by atoms with Crippen molar-refractivity contribution < 1.29 is 19.0 Å². The number of benzene rings is 3. The van der Waals surface area contributed by atoms with Gasteiger partial charge in [-0.05, 0) is 104 Å². The van der Waals surface area contributed by atoms with E-state index in [-0.39, 0.29) is 11.9 Å². The lowest BCUT2D eigenvalue weighted by molar-refractivity contribution is 0.279. The van der Waals surface area contributed by atoms with Gasteiger partial charge in [-0.2, -0.15) is 0 Å². The highest BCUT2D eigenvalue weighted by Gasteiger charge is 2.24. The van der Waals surface area contributed by atoms with Gasteiger partial charge in [0.2, 0.25) is 0 Å². The molecule has 0 bridgehead atoms. The highest BCUT2D eigenvalue weighted by Crippen LogP contribution is 2.38. The minimum atomic E-state index is -0.309. The van der Waals surface area contributed by atoms with E-state index in [0.29, 0.717) is 36.5 Å². The average molecular weight is 547 g/mol. The van der Waals surface area contributed by atoms with E-state index >= 15 is 0 Å². The fraction of sp³-hybridized carbons (Fsp3) is 0.471. The summed E-state index contributed by atoms with van der Waals surface area (Å²) in [5, 5.41) is 17.1. The Balaban J connectivity index is 1.19. The van der Waals surface area contributed by atoms with Crippen molar-refractivity contribution >= 4 is 5.69 Å². The van der Waals surface area contributed by atoms with Gasteiger partial charge in [-0.3, -0.25) is 0 Å². The smallest absolute Gasteiger partial charge is 0.165 e. The fourth-order valence-corrected chi connectivity index (χ4v) is 6.34. The van der Waals surface area contributed by atoms with E-state index in [4.69, 9.17) is 9.47 Å². The first kappa shape index (κ1) is 28.3. The summed E-state index contributed by atoms with van der Waals surface area (Å²) in [6, 6.07) is 18.0. The lowest BCUT2D eigenvalue weighted by Crippen LogP contribution is -2.34. The van der Waals surface area contributed by atoms with E-state index in [2.05, 4.69) is 29.7 Å². The first-order chi connectivity index (χ1) is 19.5. The van der Waals surface area contributed by atoms with Crippen molar-refractivity contribution in [2.24, 2.45) is 0 Å². The Morgan fingerprint density at radius 1 is 0.975 bits per heavy atom. The number of hydrogen-bond donors (Lipinski definition) is 3. The normalized spacial score (nSPS) is 18.1. The molecule has 40 heavy (non-hydrogen) atoms. The standard InChI is InChI=1S/C34H43FN2O3/c1-23(18-24-8-15-34(32(35)19-24)40-17-16-36-28-6-4-3-5-7-28)37-33-22-30(39-2)13-14-31(33)27-10-9-26-21-29(38)12-11-25(26)20-27/h8,11-15,19,21-23,27-28,36-38H,3-7,9-10,16-18,20H2,1-2H3. The number of anilines is 1. The van der Waals surface area contributed by atoms with Crippen LogP contribution in [0.15, 0.2) is 54.6 Å². The van der Waals surface area contributed by atoms with Crippen molar-refractivity contribution in [3.8, 4) is 17.2 Å². The third-order valence-corrected chi connectivity index (χ3v) is 8.46. The van der Waals surface area contributed by atoms with E-state index in [1.54, 1.807) is 25.3 Å². The number of aromatic hydroxyl groups is 1. The zero-order valence-corrected chi connectivity index (χ0v) is 23.8. The number of methoxy groups -OCH3 is 1. The maximum absolute atomic E-state index is 14.9. The average Bonchev–Trinajstić information content (AvgIpc) is 2.96. The van der Waals surface area contributed by atoms with Crippen LogP contribution in [0.4, 0.5) is 10.1 Å². The third kappa shape index (κ3) is 7.28. The minimum Gasteiger partial charge on any atom is -0.508 e. The summed E-state index contributed by atoms with van der Waals surface area (Å²) in [5.41, 5.74) is 5.79. The Hall–Kier alpha value is -3.25. The van der Waals surface area contributed by atoms with Gasteiger partial charge in [0.05, 0.1) is 7.11 Å². The van der Waals surface area contributed by atoms with Crippen molar-refractivity contribution in [1.82, 2.24) is 5.32 Å². The molecule has 5 rings (SSSR count). The Kier molecular flexibility index (Phi) is 9.48. The molecule has 2 aliphatic rings. The van der Waals surface area contributed by atoms with Gasteiger partial charge >= 0.3 is 0 Å². The number of fused-ring (bicyclic) bond motifs is 1. The molecule has 0 spiro atoms. The molecule has 0 aromatic heterocycles. The number of phenolic OH excluding ortho intramolecular Hbond substituents is 1. The second-order valence-electron chi connectivity index (χ2n) is 11.5. The van der Waals surface area contributed by atoms with Crippen molar-refractivity contribution in [1.29, 1.82) is 0 Å². The van der Waals surface area contributed by atoms with Crippen molar-refractivity contribution in [3.05, 3.63) is 82.7 Å². The quantitative estimate of drug-likeness (QED) is 0.223. The highest BCUT2D eigenvalue weighted by atomic mass is 19.1. The van der Waals surface area contributed by atoms with Crippen LogP contribution >= 0.6 is 0 Å². The Morgan fingerprint density at radius 3 is 2.62 bits per heavy atom. The van der Waals surface area contributed by atoms with Crippen LogP contribution in [0, 0.1) is 5.82 Å². The van der Waals surface area contributed by atoms with Gasteiger partial charge in [-0.25, -0.2) is 4.39 Å². The molecule has 0 heterocycles. The summed E-state index contributed by atoms with van der Waals surface area (Å²) in [7, 11) is 1.68. The second kappa shape index (κ2) is 13.4. The number of hydrogen-bond acceptors (Lipinski definition) is 5. The molecule has 3 aromatic carbocycles. The molecule has 3 N–H and O–H groups in total. The van der Waals surface area contributed by atoms with Crippen molar-refractivity contribution in [2.45, 2.75) is 82.7 Å². The summed E-state index contributed by atoms with van der Waals surface area (Å²) >= 11 is 0. The summed E-state index contributed by atoms with van der Waals surface area (Å²) in [6.07, 6.45) is 9.97. The topological polar surface area (TPSA) is 62.8 Å². The molecule has 214 valence electrons. The summed E-state index contributed by atoms with van der Waals surface area (Å²) in [6.45, 7) is 3.34. The monoisotopic (exact) mass is 546 g/mol. The zero-order chi connectivity index (χ0) is 27.9. The van der Waals surface area contributed by atoms with Gasteiger partial charge in [-0.15, -0.1) is 0 Å². The third-order valence-electron chi connectivity index (χ3n) is 8.46. The molecular weight excluding hydrogens is 503 g/mol. The van der Waals surface area contributed by atoms with Crippen LogP contribution in [0.25, 0.3) is 0 Å². The Labute approximate surface area is 238 Å². The van der Waals surface area contributed by atoms with Gasteiger partial charge in [0.25, 0.3) is 0 Å². The van der Waals surface area contributed by atoms with E-state index in [9.17, 15) is 9.50 Å². The molecule has 0 radical (unpaired) electrons. The van der Waals surface area contributed by atoms with Gasteiger partial charge < -0.3 is 25.2 Å². The molecule has 3 aromatic rings. The zero-order valence-electron chi connectivity index (χ0n) is 23.8. The van der Waals surface area contributed by atoms with Crippen LogP contribution in [0.2, 0.25) is 0 Å². The van der Waals surface area contributed by atoms with Crippen LogP contribution in [0.5, 0.6) is 17.2 Å². The van der Waals surface area contributed by atoms with Crippen LogP contribution < -0.4 is 20.1 Å². The van der Waals surface area contributed by atoms with Gasteiger partial charge in [0.15, 0.2) is 11.6 Å². The minimum absolute atomic E-state index is 0.0875. The molecule has 1 saturated carbocycles. The first-order valence-corrected chi connectivity index (χ1v) is 14.9. The molecule has 2 atom stereocenters. The van der Waals surface area contributed by atoms with Gasteiger partial charge in [0.1, 0.15) is 18.1 Å². The number of rotatable bonds is 11. The van der Waals surface area contributed by atoms with Gasteiger partial charge in [0, 0.05) is 30.4 Å². The lowest BCUT2D eigenvalue weighted by Gasteiger charge is -2.28. The van der Waals surface area contributed by atoms with Crippen molar-refractivity contribution in [3.63, 3.8) is 0 Å². The molecule has 5 nitrogen and oxygen atoms in total. The number of ether oxygens (including phenoxy) is 2. The summed E-state index contributed by atoms with van der Waals surface area (Å²) < 4.78 is 26.1. The molecule has 0 amide bonds. The number of phenols is 1. The summed E-state index contributed by atoms with van der Waals surface area (Å²) in [4.78, 5) is 0. The van der Waals surface area contributed by atoms with Gasteiger partial charge in [-0.1, -0.05) is 37.5 Å². The molecule has 2 unspecified atom stereocenters. The van der Waals surface area contributed by atoms with Crippen LogP contribution in [-0.4, -0.2) is 37.5 Å². The highest BCUT2D eigenvalue weighted by molar-refractivity contribution is 5.58. The maximum atomic E-state index is 14.9. The largest absolute Gasteiger partial charge is 0.508 e. The van der Waals surface area contributed by atoms with E-state index in [1.165, 1.54) is 48.8 Å². The number of nitrogens with one attached hydrogen (secondary N) is 2. The SMILES string of the molecule is COc1ccc(C2CCc3cc(O)ccc3C2)c(NC(C)Cc2ccc(OCCNC3CCCCC3)c(F)c2)c1. The summed E-state index contributed by atoms with van der Waals surface area (Å²) in [5.74, 6) is 1.52. The molecule has 0 saturated heterocycles. The van der Waals surface area contributed by atoms with E-state index < -0.39 is 0 Å². The number of halogens is 1. The first-order valence-electron chi connectivity index (χ1n) is 14.9. The van der Waals surface area contributed by atoms with Crippen LogP contribution in [0.3, 0.4) is 0 Å². The maximum Gasteiger partial charge on any atom is 0.165 e. The molecule has 6 heteroatoms. The Bertz CT molecular complexity index is 1270. The van der Waals surface area contributed by atoms with Crippen LogP contribution in [-0.2, 0) is 19.3 Å². The fourth-order valence-electron chi connectivity index (χ4n) is 6.34. The predicted octanol–water partition coefficient (Wildman–Crippen LogP) is 7.16. The molecule has 0 aliphatic heterocycles. The molecular formula is C34H43FN2O3. The molecule has 1 fully saturated rings. The Morgan fingerprint density at radius 2 is 1.82 bits per heavy atom. The predicted molar refractivity (Wildman–Crippen MR) is 159 cm³/mol. The van der Waals surface area contributed by atoms with E-state index in [0.717, 1.165) is 42.8 Å². The van der Waals surface area contributed by atoms with Crippen molar-refractivity contribution in [2.75, 3.05) is 25.6 Å². The number of aryl methyl sites for hydroxylation is 1. The second-order valence-corrected chi connectivity index (χ2v) is 11.5. The van der Waals surface area contributed by atoms with Crippen LogP contribution in [0.1, 0.15) is 73.6 Å². The lowest BCUT2D eigenvalue weighted by atomic mass is 9.79. The molecule has 2 aliphatic carbocycles. The van der Waals surface area contributed by atoms with E-state index in [1.807, 2.05) is 24.3 Å².